The van der Waals surface area contributed by atoms with Gasteiger partial charge in [-0.05, 0) is 18.6 Å². The lowest BCUT2D eigenvalue weighted by molar-refractivity contribution is -0.145. The number of hydrogen-bond donors (Lipinski definition) is 1. The van der Waals surface area contributed by atoms with Crippen molar-refractivity contribution in [3.05, 3.63) is 59.4 Å². The summed E-state index contributed by atoms with van der Waals surface area (Å²) in [5.74, 6) is -0.246. The fourth-order valence-electron chi connectivity index (χ4n) is 1.86. The summed E-state index contributed by atoms with van der Waals surface area (Å²) in [5, 5.41) is 3.70. The first-order chi connectivity index (χ1) is 10.1. The van der Waals surface area contributed by atoms with Gasteiger partial charge in [0, 0.05) is 18.4 Å². The van der Waals surface area contributed by atoms with Crippen molar-refractivity contribution in [2.45, 2.75) is 26.0 Å². The molecule has 5 heteroatoms. The van der Waals surface area contributed by atoms with Crippen LogP contribution in [0, 0.1) is 0 Å². The zero-order chi connectivity index (χ0) is 15.1. The molecule has 0 aliphatic rings. The van der Waals surface area contributed by atoms with E-state index < -0.39 is 0 Å². The van der Waals surface area contributed by atoms with Gasteiger partial charge in [-0.3, -0.25) is 9.78 Å². The van der Waals surface area contributed by atoms with Crippen molar-refractivity contribution >= 4 is 23.3 Å². The third-order valence-electron chi connectivity index (χ3n) is 2.89. The van der Waals surface area contributed by atoms with E-state index in [0.717, 1.165) is 11.3 Å². The van der Waals surface area contributed by atoms with Gasteiger partial charge in [0.2, 0.25) is 0 Å². The van der Waals surface area contributed by atoms with Crippen LogP contribution in [0.2, 0.25) is 5.02 Å². The Balaban J connectivity index is 1.78. The lowest BCUT2D eigenvalue weighted by atomic mass is 10.2. The molecule has 0 radical (unpaired) electrons. The summed E-state index contributed by atoms with van der Waals surface area (Å²) in [6.07, 6.45) is 3.48. The Kier molecular flexibility index (Phi) is 5.58. The van der Waals surface area contributed by atoms with Crippen molar-refractivity contribution < 1.29 is 9.53 Å². The van der Waals surface area contributed by atoms with Gasteiger partial charge in [-0.1, -0.05) is 41.9 Å². The third kappa shape index (κ3) is 5.08. The fourth-order valence-corrected chi connectivity index (χ4v) is 2.03. The van der Waals surface area contributed by atoms with Gasteiger partial charge in [-0.2, -0.15) is 0 Å². The molecule has 1 heterocycles. The molecule has 0 saturated carbocycles. The number of anilines is 1. The molecule has 0 saturated heterocycles. The quantitative estimate of drug-likeness (QED) is 0.827. The number of hydrogen-bond acceptors (Lipinski definition) is 4. The summed E-state index contributed by atoms with van der Waals surface area (Å²) >= 11 is 6.00. The third-order valence-corrected chi connectivity index (χ3v) is 3.19. The minimum Gasteiger partial charge on any atom is -0.461 e. The second-order valence-corrected chi connectivity index (χ2v) is 5.16. The van der Waals surface area contributed by atoms with E-state index in [4.69, 9.17) is 16.3 Å². The van der Waals surface area contributed by atoms with Crippen molar-refractivity contribution in [1.82, 2.24) is 4.98 Å². The van der Waals surface area contributed by atoms with E-state index in [9.17, 15) is 4.79 Å². The SMILES string of the molecule is CC(CC(=O)OCc1ccccc1)Nc1ccncc1Cl. The second-order valence-electron chi connectivity index (χ2n) is 4.75. The molecule has 0 amide bonds. The number of nitrogens with one attached hydrogen (secondary N) is 1. The first-order valence-corrected chi connectivity index (χ1v) is 7.08. The number of esters is 1. The van der Waals surface area contributed by atoms with E-state index in [1.54, 1.807) is 18.5 Å². The molecule has 1 N–H and O–H groups in total. The van der Waals surface area contributed by atoms with E-state index in [2.05, 4.69) is 10.3 Å². The summed E-state index contributed by atoms with van der Waals surface area (Å²) in [4.78, 5) is 15.7. The van der Waals surface area contributed by atoms with Crippen LogP contribution >= 0.6 is 11.6 Å². The van der Waals surface area contributed by atoms with Gasteiger partial charge in [-0.25, -0.2) is 0 Å². The van der Waals surface area contributed by atoms with Crippen molar-refractivity contribution in [3.63, 3.8) is 0 Å². The highest BCUT2D eigenvalue weighted by atomic mass is 35.5. The van der Waals surface area contributed by atoms with Gasteiger partial charge in [0.05, 0.1) is 17.1 Å². The molecule has 2 aromatic rings. The van der Waals surface area contributed by atoms with Gasteiger partial charge < -0.3 is 10.1 Å². The number of carbonyl (C=O) groups is 1. The Morgan fingerprint density at radius 3 is 2.81 bits per heavy atom. The van der Waals surface area contributed by atoms with E-state index >= 15 is 0 Å². The number of halogens is 1. The Morgan fingerprint density at radius 2 is 2.10 bits per heavy atom. The van der Waals surface area contributed by atoms with E-state index in [-0.39, 0.29) is 18.4 Å². The highest BCUT2D eigenvalue weighted by molar-refractivity contribution is 6.33. The lowest BCUT2D eigenvalue weighted by Gasteiger charge is -2.15. The topological polar surface area (TPSA) is 51.2 Å². The molecule has 1 aromatic heterocycles. The summed E-state index contributed by atoms with van der Waals surface area (Å²) in [5.41, 5.74) is 1.73. The van der Waals surface area contributed by atoms with Gasteiger partial charge in [0.1, 0.15) is 6.61 Å². The molecular weight excluding hydrogens is 288 g/mol. The molecule has 1 unspecified atom stereocenters. The number of nitrogens with zero attached hydrogens (tertiary/aromatic N) is 1. The fraction of sp³-hybridized carbons (Fsp3) is 0.250. The molecule has 0 aliphatic carbocycles. The average molecular weight is 305 g/mol. The standard InChI is InChI=1S/C16H17ClN2O2/c1-12(19-15-7-8-18-10-14(15)17)9-16(20)21-11-13-5-3-2-4-6-13/h2-8,10,12H,9,11H2,1H3,(H,18,19). The zero-order valence-corrected chi connectivity index (χ0v) is 12.5. The number of pyridine rings is 1. The molecule has 0 spiro atoms. The van der Waals surface area contributed by atoms with E-state index in [1.807, 2.05) is 37.3 Å². The summed E-state index contributed by atoms with van der Waals surface area (Å²) < 4.78 is 5.24. The second kappa shape index (κ2) is 7.64. The molecular formula is C16H17ClN2O2. The van der Waals surface area contributed by atoms with Crippen LogP contribution in [0.1, 0.15) is 18.9 Å². The highest BCUT2D eigenvalue weighted by Crippen LogP contribution is 2.20. The first kappa shape index (κ1) is 15.3. The molecule has 2 rings (SSSR count). The maximum atomic E-state index is 11.8. The van der Waals surface area contributed by atoms with Crippen molar-refractivity contribution in [1.29, 1.82) is 0 Å². The summed E-state index contributed by atoms with van der Waals surface area (Å²) in [6.45, 7) is 2.20. The Labute approximate surface area is 129 Å². The molecule has 1 atom stereocenters. The van der Waals surface area contributed by atoms with Crippen LogP contribution in [0.15, 0.2) is 48.8 Å². The van der Waals surface area contributed by atoms with Crippen LogP contribution in [-0.4, -0.2) is 17.0 Å². The van der Waals surface area contributed by atoms with E-state index in [1.165, 1.54) is 0 Å². The number of rotatable bonds is 6. The summed E-state index contributed by atoms with van der Waals surface area (Å²) in [6, 6.07) is 11.3. The molecule has 110 valence electrons. The van der Waals surface area contributed by atoms with Crippen LogP contribution in [-0.2, 0) is 16.1 Å². The Morgan fingerprint density at radius 1 is 1.33 bits per heavy atom. The monoisotopic (exact) mass is 304 g/mol. The smallest absolute Gasteiger partial charge is 0.308 e. The number of ether oxygens (including phenoxy) is 1. The maximum Gasteiger partial charge on any atom is 0.308 e. The predicted molar refractivity (Wildman–Crippen MR) is 83.2 cm³/mol. The van der Waals surface area contributed by atoms with Crippen molar-refractivity contribution in [2.75, 3.05) is 5.32 Å². The maximum absolute atomic E-state index is 11.8. The first-order valence-electron chi connectivity index (χ1n) is 6.71. The Hall–Kier alpha value is -2.07. The molecule has 4 nitrogen and oxygen atoms in total. The van der Waals surface area contributed by atoms with Crippen LogP contribution in [0.4, 0.5) is 5.69 Å². The normalized spacial score (nSPS) is 11.7. The average Bonchev–Trinajstić information content (AvgIpc) is 2.48. The minimum atomic E-state index is -0.246. The highest BCUT2D eigenvalue weighted by Gasteiger charge is 2.11. The van der Waals surface area contributed by atoms with Crippen LogP contribution in [0.5, 0.6) is 0 Å². The van der Waals surface area contributed by atoms with Gasteiger partial charge in [0.25, 0.3) is 0 Å². The number of carbonyl (C=O) groups excluding carboxylic acids is 1. The van der Waals surface area contributed by atoms with Crippen LogP contribution in [0.25, 0.3) is 0 Å². The molecule has 0 bridgehead atoms. The lowest BCUT2D eigenvalue weighted by Crippen LogP contribution is -2.21. The van der Waals surface area contributed by atoms with Gasteiger partial charge in [-0.15, -0.1) is 0 Å². The predicted octanol–water partition coefficient (Wildman–Crippen LogP) is 3.67. The van der Waals surface area contributed by atoms with Crippen molar-refractivity contribution in [3.8, 4) is 0 Å². The largest absolute Gasteiger partial charge is 0.461 e. The summed E-state index contributed by atoms with van der Waals surface area (Å²) in [7, 11) is 0. The molecule has 0 fully saturated rings. The number of benzene rings is 1. The number of aromatic nitrogens is 1. The Bertz CT molecular complexity index is 590. The molecule has 21 heavy (non-hydrogen) atoms. The van der Waals surface area contributed by atoms with Crippen LogP contribution in [0.3, 0.4) is 0 Å². The zero-order valence-electron chi connectivity index (χ0n) is 11.8. The van der Waals surface area contributed by atoms with Gasteiger partial charge >= 0.3 is 5.97 Å². The molecule has 0 aliphatic heterocycles. The van der Waals surface area contributed by atoms with Crippen molar-refractivity contribution in [2.24, 2.45) is 0 Å². The molecule has 1 aromatic carbocycles. The van der Waals surface area contributed by atoms with Gasteiger partial charge in [0.15, 0.2) is 0 Å². The minimum absolute atomic E-state index is 0.0758. The van der Waals surface area contributed by atoms with E-state index in [0.29, 0.717) is 11.6 Å². The van der Waals surface area contributed by atoms with Crippen LogP contribution < -0.4 is 5.32 Å².